The van der Waals surface area contributed by atoms with Gasteiger partial charge < -0.3 is 9.57 Å². The topological polar surface area (TPSA) is 81.1 Å². The maximum atomic E-state index is 11.7. The molecule has 2 heterocycles. The molecule has 2 amide bonds. The lowest BCUT2D eigenvalue weighted by atomic mass is 10.1. The van der Waals surface area contributed by atoms with E-state index in [1.165, 1.54) is 10.5 Å². The number of hydrogen-bond acceptors (Lipinski definition) is 7. The molecule has 2 aromatic carbocycles. The normalized spacial score (nSPS) is 13.9. The van der Waals surface area contributed by atoms with Gasteiger partial charge in [-0.3, -0.25) is 19.5 Å². The molecule has 34 heavy (non-hydrogen) atoms. The van der Waals surface area contributed by atoms with Crippen molar-refractivity contribution in [2.24, 2.45) is 5.16 Å². The number of thioether (sulfide) groups is 1. The summed E-state index contributed by atoms with van der Waals surface area (Å²) in [4.78, 5) is 34.6. The van der Waals surface area contributed by atoms with Crippen LogP contribution in [0, 0.1) is 0 Å². The fourth-order valence-electron chi connectivity index (χ4n) is 3.35. The lowest BCUT2D eigenvalue weighted by molar-refractivity contribution is -0.125. The summed E-state index contributed by atoms with van der Waals surface area (Å²) in [6.45, 7) is 2.79. The molecule has 1 aliphatic rings. The van der Waals surface area contributed by atoms with Gasteiger partial charge in [-0.2, -0.15) is 0 Å². The standard InChI is InChI=1S/C26H25N3O4S/c1-19(22-9-10-23(27-16-22)15-20-5-3-2-4-6-20)28-33-14-13-32-24-11-7-21(8-12-24)17-29-25(30)18-34-26(29)31/h2-12,16H,13-15,17-18H2,1H3. The largest absolute Gasteiger partial charge is 0.490 e. The van der Waals surface area contributed by atoms with Crippen LogP contribution in [0.3, 0.4) is 0 Å². The van der Waals surface area contributed by atoms with Crippen LogP contribution in [-0.4, -0.2) is 45.7 Å². The number of ether oxygens (including phenoxy) is 1. The highest BCUT2D eigenvalue weighted by atomic mass is 32.2. The Kier molecular flexibility index (Phi) is 7.93. The molecule has 1 saturated heterocycles. The van der Waals surface area contributed by atoms with Crippen LogP contribution in [0.4, 0.5) is 4.79 Å². The number of carbonyl (C=O) groups excluding carboxylic acids is 2. The van der Waals surface area contributed by atoms with Gasteiger partial charge in [0.1, 0.15) is 12.4 Å². The van der Waals surface area contributed by atoms with E-state index in [4.69, 9.17) is 9.57 Å². The number of imide groups is 1. The molecule has 174 valence electrons. The van der Waals surface area contributed by atoms with Crippen molar-refractivity contribution in [2.75, 3.05) is 19.0 Å². The molecule has 0 atom stereocenters. The Balaban J connectivity index is 1.19. The maximum Gasteiger partial charge on any atom is 0.289 e. The molecular weight excluding hydrogens is 450 g/mol. The molecule has 4 rings (SSSR count). The van der Waals surface area contributed by atoms with E-state index in [9.17, 15) is 9.59 Å². The minimum atomic E-state index is -0.197. The summed E-state index contributed by atoms with van der Waals surface area (Å²) in [5, 5.41) is 3.95. The number of pyridine rings is 1. The van der Waals surface area contributed by atoms with Gasteiger partial charge in [0.05, 0.1) is 18.0 Å². The van der Waals surface area contributed by atoms with Crippen LogP contribution in [0.15, 0.2) is 78.1 Å². The molecule has 0 radical (unpaired) electrons. The Morgan fingerprint density at radius 1 is 1.00 bits per heavy atom. The van der Waals surface area contributed by atoms with Crippen molar-refractivity contribution in [3.63, 3.8) is 0 Å². The van der Waals surface area contributed by atoms with E-state index in [1.807, 2.05) is 61.5 Å². The zero-order valence-corrected chi connectivity index (χ0v) is 19.7. The van der Waals surface area contributed by atoms with E-state index in [0.29, 0.717) is 19.0 Å². The minimum Gasteiger partial charge on any atom is -0.490 e. The van der Waals surface area contributed by atoms with Crippen LogP contribution in [0.25, 0.3) is 0 Å². The molecule has 0 N–H and O–H groups in total. The van der Waals surface area contributed by atoms with Crippen molar-refractivity contribution >= 4 is 28.6 Å². The number of hydrogen-bond donors (Lipinski definition) is 0. The fraction of sp³-hybridized carbons (Fsp3) is 0.231. The van der Waals surface area contributed by atoms with Gasteiger partial charge in [-0.1, -0.05) is 59.4 Å². The van der Waals surface area contributed by atoms with E-state index in [1.54, 1.807) is 6.20 Å². The first-order chi connectivity index (χ1) is 16.6. The fourth-order valence-corrected chi connectivity index (χ4v) is 4.07. The van der Waals surface area contributed by atoms with Gasteiger partial charge in [0.15, 0.2) is 6.61 Å². The first-order valence-corrected chi connectivity index (χ1v) is 11.9. The molecule has 3 aromatic rings. The van der Waals surface area contributed by atoms with Crippen LogP contribution in [-0.2, 0) is 22.6 Å². The average molecular weight is 476 g/mol. The predicted octanol–water partition coefficient (Wildman–Crippen LogP) is 4.69. The molecule has 8 heteroatoms. The second kappa shape index (κ2) is 11.5. The number of carbonyl (C=O) groups is 2. The summed E-state index contributed by atoms with van der Waals surface area (Å²) in [5.41, 5.74) is 4.74. The number of rotatable bonds is 10. The van der Waals surface area contributed by atoms with E-state index < -0.39 is 0 Å². The highest BCUT2D eigenvalue weighted by Crippen LogP contribution is 2.22. The highest BCUT2D eigenvalue weighted by Gasteiger charge is 2.29. The number of amides is 2. The van der Waals surface area contributed by atoms with E-state index >= 15 is 0 Å². The zero-order valence-electron chi connectivity index (χ0n) is 18.8. The van der Waals surface area contributed by atoms with Crippen LogP contribution in [0.2, 0.25) is 0 Å². The first-order valence-electron chi connectivity index (χ1n) is 10.9. The molecule has 1 aliphatic heterocycles. The molecule has 1 fully saturated rings. The van der Waals surface area contributed by atoms with Crippen molar-refractivity contribution in [3.05, 3.63) is 95.3 Å². The number of oxime groups is 1. The number of benzene rings is 2. The van der Waals surface area contributed by atoms with Crippen LogP contribution in [0.5, 0.6) is 5.75 Å². The smallest absolute Gasteiger partial charge is 0.289 e. The molecule has 0 unspecified atom stereocenters. The molecule has 1 aromatic heterocycles. The molecule has 0 spiro atoms. The Morgan fingerprint density at radius 2 is 1.79 bits per heavy atom. The first kappa shape index (κ1) is 23.5. The van der Waals surface area contributed by atoms with E-state index in [-0.39, 0.29) is 23.4 Å². The van der Waals surface area contributed by atoms with Gasteiger partial charge in [0.2, 0.25) is 5.91 Å². The van der Waals surface area contributed by atoms with Gasteiger partial charge in [-0.15, -0.1) is 0 Å². The van der Waals surface area contributed by atoms with Crippen molar-refractivity contribution in [1.29, 1.82) is 0 Å². The molecule has 0 bridgehead atoms. The van der Waals surface area contributed by atoms with Crippen molar-refractivity contribution in [2.45, 2.75) is 19.9 Å². The van der Waals surface area contributed by atoms with E-state index in [2.05, 4.69) is 22.3 Å². The summed E-state index contributed by atoms with van der Waals surface area (Å²) in [6, 6.07) is 21.5. The molecule has 0 aliphatic carbocycles. The van der Waals surface area contributed by atoms with Gasteiger partial charge in [-0.25, -0.2) is 0 Å². The Bertz CT molecular complexity index is 1130. The van der Waals surface area contributed by atoms with Gasteiger partial charge in [-0.05, 0) is 42.3 Å². The number of aromatic nitrogens is 1. The summed E-state index contributed by atoms with van der Waals surface area (Å²) < 4.78 is 5.67. The van der Waals surface area contributed by atoms with Crippen LogP contribution >= 0.6 is 11.8 Å². The second-order valence-electron chi connectivity index (χ2n) is 7.74. The average Bonchev–Trinajstić information content (AvgIpc) is 3.18. The number of nitrogens with zero attached hydrogens (tertiary/aromatic N) is 3. The Labute approximate surface area is 202 Å². The van der Waals surface area contributed by atoms with Gasteiger partial charge in [0, 0.05) is 23.9 Å². The third-order valence-electron chi connectivity index (χ3n) is 5.22. The lowest BCUT2D eigenvalue weighted by Gasteiger charge is -2.13. The monoisotopic (exact) mass is 475 g/mol. The lowest BCUT2D eigenvalue weighted by Crippen LogP contribution is -2.27. The quantitative estimate of drug-likeness (QED) is 0.240. The minimum absolute atomic E-state index is 0.151. The summed E-state index contributed by atoms with van der Waals surface area (Å²) in [7, 11) is 0. The SMILES string of the molecule is CC(=NOCCOc1ccc(CN2C(=O)CSC2=O)cc1)c1ccc(Cc2ccccc2)nc1. The molecular formula is C26H25N3O4S. The Hall–Kier alpha value is -3.65. The van der Waals surface area contributed by atoms with Crippen molar-refractivity contribution in [1.82, 2.24) is 9.88 Å². The zero-order chi connectivity index (χ0) is 23.8. The Morgan fingerprint density at radius 3 is 2.47 bits per heavy atom. The van der Waals surface area contributed by atoms with Crippen LogP contribution < -0.4 is 4.74 Å². The summed E-state index contributed by atoms with van der Waals surface area (Å²) in [6.07, 6.45) is 2.60. The van der Waals surface area contributed by atoms with Crippen molar-refractivity contribution < 1.29 is 19.2 Å². The summed E-state index contributed by atoms with van der Waals surface area (Å²) >= 11 is 1.04. The van der Waals surface area contributed by atoms with E-state index in [0.717, 1.165) is 40.7 Å². The van der Waals surface area contributed by atoms with Crippen molar-refractivity contribution in [3.8, 4) is 5.75 Å². The highest BCUT2D eigenvalue weighted by molar-refractivity contribution is 8.14. The predicted molar refractivity (Wildman–Crippen MR) is 132 cm³/mol. The van der Waals surface area contributed by atoms with Gasteiger partial charge in [0.25, 0.3) is 5.24 Å². The summed E-state index contributed by atoms with van der Waals surface area (Å²) in [5.74, 6) is 0.750. The molecule has 7 nitrogen and oxygen atoms in total. The molecule has 0 saturated carbocycles. The van der Waals surface area contributed by atoms with Gasteiger partial charge >= 0.3 is 0 Å². The second-order valence-corrected chi connectivity index (χ2v) is 8.66. The third-order valence-corrected chi connectivity index (χ3v) is 6.08. The maximum absolute atomic E-state index is 11.7. The third kappa shape index (κ3) is 6.45. The van der Waals surface area contributed by atoms with Crippen LogP contribution in [0.1, 0.15) is 29.3 Å².